The molecule has 0 spiro atoms. The smallest absolute Gasteiger partial charge is 0.248 e. The molecule has 11 heteroatoms. The first-order chi connectivity index (χ1) is 21.0. The molecular weight excluding hydrogens is 583 g/mol. The third kappa shape index (κ3) is 6.75. The molecule has 0 radical (unpaired) electrons. The molecule has 2 aromatic carbocycles. The number of anilines is 2. The van der Waals surface area contributed by atoms with Crippen molar-refractivity contribution in [3.05, 3.63) is 83.9 Å². The highest BCUT2D eigenvalue weighted by atomic mass is 32.2. The molecular formula is C32H35N5O4S2. The van der Waals surface area contributed by atoms with E-state index >= 15 is 0 Å². The van der Waals surface area contributed by atoms with Gasteiger partial charge in [0.05, 0.1) is 40.0 Å². The van der Waals surface area contributed by atoms with E-state index in [1.807, 2.05) is 64.8 Å². The third-order valence-corrected chi connectivity index (χ3v) is 10.5. The van der Waals surface area contributed by atoms with Crippen molar-refractivity contribution in [3.8, 4) is 16.3 Å². The minimum atomic E-state index is -3.73. The number of benzene rings is 2. The molecule has 6 rings (SSSR count). The van der Waals surface area contributed by atoms with Crippen LogP contribution in [0.2, 0.25) is 0 Å². The molecule has 2 aromatic heterocycles. The normalized spacial score (nSPS) is 16.8. The number of amides is 1. The maximum absolute atomic E-state index is 13.5. The number of hydrogen-bond donors (Lipinski definition) is 1. The van der Waals surface area contributed by atoms with Gasteiger partial charge in [-0.05, 0) is 60.7 Å². The van der Waals surface area contributed by atoms with Gasteiger partial charge in [-0.1, -0.05) is 37.1 Å². The molecule has 4 heterocycles. The Morgan fingerprint density at radius 2 is 1.70 bits per heavy atom. The molecule has 4 aromatic rings. The first-order valence-corrected chi connectivity index (χ1v) is 17.0. The zero-order valence-corrected chi connectivity index (χ0v) is 25.5. The van der Waals surface area contributed by atoms with Gasteiger partial charge >= 0.3 is 0 Å². The van der Waals surface area contributed by atoms with Gasteiger partial charge in [-0.25, -0.2) is 13.1 Å². The highest BCUT2D eigenvalue weighted by Crippen LogP contribution is 2.33. The van der Waals surface area contributed by atoms with Crippen LogP contribution in [0.3, 0.4) is 0 Å². The molecule has 2 aliphatic rings. The van der Waals surface area contributed by atoms with Crippen molar-refractivity contribution in [1.29, 1.82) is 0 Å². The maximum Gasteiger partial charge on any atom is 0.248 e. The number of carbonyl (C=O) groups excluding carboxylic acids is 1. The number of thiophene rings is 1. The number of aromatic nitrogens is 2. The number of nitrogens with zero attached hydrogens (tertiary/aromatic N) is 4. The first kappa shape index (κ1) is 29.3. The highest BCUT2D eigenvalue weighted by molar-refractivity contribution is 7.89. The van der Waals surface area contributed by atoms with Crippen LogP contribution in [0.15, 0.2) is 83.2 Å². The van der Waals surface area contributed by atoms with Gasteiger partial charge < -0.3 is 15.0 Å². The highest BCUT2D eigenvalue weighted by Gasteiger charge is 2.28. The fraction of sp³-hybridized carbons (Fsp3) is 0.312. The molecule has 2 aliphatic heterocycles. The van der Waals surface area contributed by atoms with Gasteiger partial charge in [0.1, 0.15) is 5.69 Å². The lowest BCUT2D eigenvalue weighted by atomic mass is 10.2. The van der Waals surface area contributed by atoms with Crippen LogP contribution >= 0.6 is 11.3 Å². The van der Waals surface area contributed by atoms with Crippen molar-refractivity contribution in [2.75, 3.05) is 49.6 Å². The Morgan fingerprint density at radius 3 is 2.42 bits per heavy atom. The van der Waals surface area contributed by atoms with Crippen LogP contribution in [0.5, 0.6) is 0 Å². The number of sulfonamides is 1. The molecule has 43 heavy (non-hydrogen) atoms. The minimum Gasteiger partial charge on any atom is -0.379 e. The summed E-state index contributed by atoms with van der Waals surface area (Å²) >= 11 is 1.59. The number of para-hydroxylation sites is 1. The zero-order chi connectivity index (χ0) is 29.6. The molecule has 1 N–H and O–H groups in total. The molecule has 9 nitrogen and oxygen atoms in total. The quantitative estimate of drug-likeness (QED) is 0.257. The molecule has 0 saturated carbocycles. The summed E-state index contributed by atoms with van der Waals surface area (Å²) in [5, 5.41) is 9.82. The van der Waals surface area contributed by atoms with E-state index in [-0.39, 0.29) is 10.8 Å². The van der Waals surface area contributed by atoms with E-state index in [2.05, 4.69) is 10.2 Å². The van der Waals surface area contributed by atoms with Gasteiger partial charge in [-0.15, -0.1) is 11.3 Å². The Kier molecular flexibility index (Phi) is 9.03. The van der Waals surface area contributed by atoms with Crippen LogP contribution in [-0.4, -0.2) is 67.8 Å². The second-order valence-electron chi connectivity index (χ2n) is 10.6. The van der Waals surface area contributed by atoms with Crippen LogP contribution in [0.4, 0.5) is 11.4 Å². The Balaban J connectivity index is 1.30. The predicted octanol–water partition coefficient (Wildman–Crippen LogP) is 5.65. The Labute approximate surface area is 256 Å². The SMILES string of the molecule is O=C(/C=C/c1cn(-c2ccccc2)nc1-c1cccs1)Nc1cc(S(=O)(=O)N2CCOCC2)ccc1N1CCCCCC1. The lowest BCUT2D eigenvalue weighted by Crippen LogP contribution is -2.40. The van der Waals surface area contributed by atoms with Gasteiger partial charge in [-0.2, -0.15) is 9.40 Å². The van der Waals surface area contributed by atoms with Crippen molar-refractivity contribution >= 4 is 44.7 Å². The lowest BCUT2D eigenvalue weighted by molar-refractivity contribution is -0.111. The van der Waals surface area contributed by atoms with Gasteiger partial charge in [-0.3, -0.25) is 4.79 Å². The number of rotatable bonds is 8. The van der Waals surface area contributed by atoms with E-state index in [0.717, 1.165) is 66.3 Å². The summed E-state index contributed by atoms with van der Waals surface area (Å²) in [6.07, 6.45) is 9.58. The average Bonchev–Trinajstić information content (AvgIpc) is 3.65. The molecule has 0 atom stereocenters. The number of nitrogens with one attached hydrogen (secondary N) is 1. The molecule has 0 unspecified atom stereocenters. The third-order valence-electron chi connectivity index (χ3n) is 7.71. The van der Waals surface area contributed by atoms with Crippen LogP contribution in [0.1, 0.15) is 31.2 Å². The maximum atomic E-state index is 13.5. The second kappa shape index (κ2) is 13.3. The Hall–Kier alpha value is -3.77. The molecule has 224 valence electrons. The second-order valence-corrected chi connectivity index (χ2v) is 13.5. The number of morpholine rings is 1. The van der Waals surface area contributed by atoms with E-state index in [0.29, 0.717) is 32.0 Å². The van der Waals surface area contributed by atoms with Crippen LogP contribution in [0, 0.1) is 0 Å². The number of ether oxygens (including phenoxy) is 1. The fourth-order valence-electron chi connectivity index (χ4n) is 5.47. The van der Waals surface area contributed by atoms with E-state index in [1.54, 1.807) is 29.5 Å². The largest absolute Gasteiger partial charge is 0.379 e. The zero-order valence-electron chi connectivity index (χ0n) is 23.9. The van der Waals surface area contributed by atoms with E-state index < -0.39 is 10.0 Å². The van der Waals surface area contributed by atoms with Crippen molar-refractivity contribution in [2.24, 2.45) is 0 Å². The molecule has 1 amide bonds. The van der Waals surface area contributed by atoms with Gasteiger partial charge in [0.15, 0.2) is 0 Å². The van der Waals surface area contributed by atoms with Crippen molar-refractivity contribution in [3.63, 3.8) is 0 Å². The first-order valence-electron chi connectivity index (χ1n) is 14.6. The van der Waals surface area contributed by atoms with Gasteiger partial charge in [0.25, 0.3) is 0 Å². The molecule has 0 bridgehead atoms. The molecule has 2 fully saturated rings. The summed E-state index contributed by atoms with van der Waals surface area (Å²) in [7, 11) is -3.73. The lowest BCUT2D eigenvalue weighted by Gasteiger charge is -2.28. The number of carbonyl (C=O) groups is 1. The molecule has 0 aliphatic carbocycles. The summed E-state index contributed by atoms with van der Waals surface area (Å²) in [4.78, 5) is 16.8. The van der Waals surface area contributed by atoms with E-state index in [9.17, 15) is 13.2 Å². The summed E-state index contributed by atoms with van der Waals surface area (Å²) in [5.74, 6) is -0.346. The van der Waals surface area contributed by atoms with Gasteiger partial charge in [0, 0.05) is 44.0 Å². The minimum absolute atomic E-state index is 0.163. The predicted molar refractivity (Wildman–Crippen MR) is 171 cm³/mol. The summed E-state index contributed by atoms with van der Waals surface area (Å²) in [5.41, 5.74) is 3.83. The van der Waals surface area contributed by atoms with Crippen molar-refractivity contribution in [2.45, 2.75) is 30.6 Å². The fourth-order valence-corrected chi connectivity index (χ4v) is 7.63. The Morgan fingerprint density at radius 1 is 0.930 bits per heavy atom. The Bertz CT molecular complexity index is 1670. The summed E-state index contributed by atoms with van der Waals surface area (Å²) < 4.78 is 35.5. The van der Waals surface area contributed by atoms with Crippen LogP contribution in [0.25, 0.3) is 22.3 Å². The monoisotopic (exact) mass is 617 g/mol. The standard InChI is InChI=1S/C32H35N5O4S2/c38-31(15-12-25-24-37(26-9-4-3-5-10-26)34-32(25)30-11-8-22-42-30)33-28-23-27(43(39,40)36-18-20-41-21-19-36)13-14-29(28)35-16-6-1-2-7-17-35/h3-5,8-15,22-24H,1-2,6-7,16-21H2,(H,33,38)/b15-12+. The van der Waals surface area contributed by atoms with Crippen molar-refractivity contribution in [1.82, 2.24) is 14.1 Å². The topological polar surface area (TPSA) is 96.8 Å². The summed E-state index contributed by atoms with van der Waals surface area (Å²) in [6.45, 7) is 3.07. The average molecular weight is 618 g/mol. The van der Waals surface area contributed by atoms with Crippen LogP contribution < -0.4 is 10.2 Å². The van der Waals surface area contributed by atoms with Crippen LogP contribution in [-0.2, 0) is 19.6 Å². The molecule has 2 saturated heterocycles. The van der Waals surface area contributed by atoms with Crippen molar-refractivity contribution < 1.29 is 17.9 Å². The summed E-state index contributed by atoms with van der Waals surface area (Å²) in [6, 6.07) is 18.9. The van der Waals surface area contributed by atoms with Gasteiger partial charge in [0.2, 0.25) is 15.9 Å². The van der Waals surface area contributed by atoms with E-state index in [1.165, 1.54) is 10.4 Å². The van der Waals surface area contributed by atoms with E-state index in [4.69, 9.17) is 9.84 Å². The number of hydrogen-bond acceptors (Lipinski definition) is 7.